The van der Waals surface area contributed by atoms with Crippen LogP contribution in [-0.4, -0.2) is 30.9 Å². The molecule has 1 saturated heterocycles. The summed E-state index contributed by atoms with van der Waals surface area (Å²) in [6.07, 6.45) is 3.00. The van der Waals surface area contributed by atoms with Gasteiger partial charge in [0.1, 0.15) is 0 Å². The minimum absolute atomic E-state index is 0.257. The molecule has 0 spiro atoms. The Morgan fingerprint density at radius 2 is 1.73 bits per heavy atom. The van der Waals surface area contributed by atoms with E-state index in [2.05, 4.69) is 53.4 Å². The van der Waals surface area contributed by atoms with Crippen molar-refractivity contribution in [2.45, 2.75) is 18.9 Å². The van der Waals surface area contributed by atoms with Crippen LogP contribution in [0.1, 0.15) is 29.2 Å². The van der Waals surface area contributed by atoms with E-state index in [-0.39, 0.29) is 6.04 Å². The van der Waals surface area contributed by atoms with Crippen LogP contribution >= 0.6 is 0 Å². The van der Waals surface area contributed by atoms with Crippen molar-refractivity contribution in [3.8, 4) is 0 Å². The molecular formula is C19H20N2O. The minimum Gasteiger partial charge on any atom is -0.362 e. The molecular weight excluding hydrogens is 272 g/mol. The second kappa shape index (κ2) is 5.48. The lowest BCUT2D eigenvalue weighted by Crippen LogP contribution is -2.34. The van der Waals surface area contributed by atoms with Crippen LogP contribution in [0.3, 0.4) is 0 Å². The van der Waals surface area contributed by atoms with Crippen molar-refractivity contribution in [3.63, 3.8) is 0 Å². The largest absolute Gasteiger partial charge is 0.362 e. The summed E-state index contributed by atoms with van der Waals surface area (Å²) in [5.74, 6) is 0. The number of hydrogen-bond donors (Lipinski definition) is 0. The van der Waals surface area contributed by atoms with Gasteiger partial charge in [0.25, 0.3) is 0 Å². The summed E-state index contributed by atoms with van der Waals surface area (Å²) in [7, 11) is 0. The normalized spacial score (nSPS) is 20.3. The highest BCUT2D eigenvalue weighted by atomic mass is 16.1. The molecule has 2 aliphatic rings. The molecule has 3 nitrogen and oxygen atoms in total. The van der Waals surface area contributed by atoms with Gasteiger partial charge in [0.15, 0.2) is 0 Å². The molecule has 0 saturated carbocycles. The van der Waals surface area contributed by atoms with E-state index >= 15 is 0 Å². The molecule has 2 aromatic rings. The first-order valence-electron chi connectivity index (χ1n) is 7.98. The number of nitrogens with zero attached hydrogens (tertiary/aromatic N) is 2. The standard InChI is InChI=1S/C19H20N2O/c22-14-20-10-5-11-21-18-9-4-2-7-16(18)12-15-6-1-3-8-17(15)19(21)13-20/h1-4,6-9,14,19H,5,10-13H2. The van der Waals surface area contributed by atoms with Crippen LogP contribution in [-0.2, 0) is 11.2 Å². The SMILES string of the molecule is O=CN1CCCN2c3ccccc3Cc3ccccc3C2C1. The van der Waals surface area contributed by atoms with Gasteiger partial charge in [0.2, 0.25) is 6.41 Å². The lowest BCUT2D eigenvalue weighted by molar-refractivity contribution is -0.118. The van der Waals surface area contributed by atoms with Gasteiger partial charge in [-0.2, -0.15) is 0 Å². The van der Waals surface area contributed by atoms with Gasteiger partial charge in [-0.25, -0.2) is 0 Å². The van der Waals surface area contributed by atoms with Crippen molar-refractivity contribution in [2.75, 3.05) is 24.5 Å². The lowest BCUT2D eigenvalue weighted by atomic mass is 9.97. The number of hydrogen-bond acceptors (Lipinski definition) is 2. The zero-order valence-corrected chi connectivity index (χ0v) is 12.6. The molecule has 22 heavy (non-hydrogen) atoms. The molecule has 0 N–H and O–H groups in total. The number of fused-ring (bicyclic) bond motifs is 5. The molecule has 1 unspecified atom stereocenters. The Hall–Kier alpha value is -2.29. The van der Waals surface area contributed by atoms with Gasteiger partial charge in [-0.3, -0.25) is 4.79 Å². The zero-order chi connectivity index (χ0) is 14.9. The summed E-state index contributed by atoms with van der Waals surface area (Å²) in [5.41, 5.74) is 5.47. The molecule has 0 aromatic heterocycles. The van der Waals surface area contributed by atoms with Gasteiger partial charge in [0, 0.05) is 25.3 Å². The Morgan fingerprint density at radius 3 is 2.59 bits per heavy atom. The van der Waals surface area contributed by atoms with E-state index in [0.29, 0.717) is 0 Å². The number of rotatable bonds is 1. The van der Waals surface area contributed by atoms with Gasteiger partial charge in [0.05, 0.1) is 6.04 Å². The number of carbonyl (C=O) groups is 1. The van der Waals surface area contributed by atoms with Gasteiger partial charge in [-0.1, -0.05) is 42.5 Å². The first kappa shape index (κ1) is 13.4. The number of benzene rings is 2. The predicted octanol–water partition coefficient (Wildman–Crippen LogP) is 3.00. The van der Waals surface area contributed by atoms with E-state index in [1.807, 2.05) is 4.90 Å². The number of amides is 1. The fourth-order valence-electron chi connectivity index (χ4n) is 3.83. The lowest BCUT2D eigenvalue weighted by Gasteiger charge is -2.33. The van der Waals surface area contributed by atoms with Gasteiger partial charge in [-0.15, -0.1) is 0 Å². The molecule has 1 amide bonds. The monoisotopic (exact) mass is 292 g/mol. The molecule has 2 aliphatic heterocycles. The molecule has 2 heterocycles. The van der Waals surface area contributed by atoms with E-state index < -0.39 is 0 Å². The van der Waals surface area contributed by atoms with E-state index in [0.717, 1.165) is 38.9 Å². The van der Waals surface area contributed by atoms with Crippen molar-refractivity contribution >= 4 is 12.1 Å². The third kappa shape index (κ3) is 2.17. The topological polar surface area (TPSA) is 23.6 Å². The van der Waals surface area contributed by atoms with Crippen molar-refractivity contribution in [3.05, 3.63) is 65.2 Å². The van der Waals surface area contributed by atoms with Gasteiger partial charge in [-0.05, 0) is 35.6 Å². The van der Waals surface area contributed by atoms with Gasteiger partial charge >= 0.3 is 0 Å². The van der Waals surface area contributed by atoms with E-state index in [4.69, 9.17) is 0 Å². The first-order chi connectivity index (χ1) is 10.9. The first-order valence-corrected chi connectivity index (χ1v) is 7.98. The highest BCUT2D eigenvalue weighted by Crippen LogP contribution is 2.38. The molecule has 1 fully saturated rings. The van der Waals surface area contributed by atoms with Crippen LogP contribution in [0.5, 0.6) is 0 Å². The molecule has 0 radical (unpaired) electrons. The van der Waals surface area contributed by atoms with E-state index in [1.54, 1.807) is 0 Å². The summed E-state index contributed by atoms with van der Waals surface area (Å²) >= 11 is 0. The van der Waals surface area contributed by atoms with Crippen molar-refractivity contribution < 1.29 is 4.79 Å². The average molecular weight is 292 g/mol. The summed E-state index contributed by atoms with van der Waals surface area (Å²) in [5, 5.41) is 0. The summed E-state index contributed by atoms with van der Waals surface area (Å²) in [4.78, 5) is 15.8. The third-order valence-corrected chi connectivity index (χ3v) is 4.87. The smallest absolute Gasteiger partial charge is 0.209 e. The molecule has 3 heteroatoms. The quantitative estimate of drug-likeness (QED) is 0.754. The Kier molecular flexibility index (Phi) is 3.34. The van der Waals surface area contributed by atoms with Crippen LogP contribution in [0.4, 0.5) is 5.69 Å². The van der Waals surface area contributed by atoms with E-state index in [1.165, 1.54) is 22.4 Å². The maximum Gasteiger partial charge on any atom is 0.209 e. The summed E-state index contributed by atoms with van der Waals surface area (Å²) < 4.78 is 0. The highest BCUT2D eigenvalue weighted by molar-refractivity contribution is 5.61. The second-order valence-corrected chi connectivity index (χ2v) is 6.17. The Labute approximate surface area is 131 Å². The highest BCUT2D eigenvalue weighted by Gasteiger charge is 2.31. The number of anilines is 1. The maximum absolute atomic E-state index is 11.3. The summed E-state index contributed by atoms with van der Waals surface area (Å²) in [6.45, 7) is 2.62. The van der Waals surface area contributed by atoms with Crippen molar-refractivity contribution in [1.82, 2.24) is 4.90 Å². The molecule has 0 aliphatic carbocycles. The van der Waals surface area contributed by atoms with Crippen LogP contribution in [0.25, 0.3) is 0 Å². The number of para-hydroxylation sites is 1. The third-order valence-electron chi connectivity index (χ3n) is 4.87. The van der Waals surface area contributed by atoms with Gasteiger partial charge < -0.3 is 9.80 Å². The van der Waals surface area contributed by atoms with Crippen molar-refractivity contribution in [2.24, 2.45) is 0 Å². The van der Waals surface area contributed by atoms with Crippen LogP contribution in [0, 0.1) is 0 Å². The molecule has 4 rings (SSSR count). The van der Waals surface area contributed by atoms with Crippen LogP contribution < -0.4 is 4.90 Å². The van der Waals surface area contributed by atoms with E-state index in [9.17, 15) is 4.79 Å². The molecule has 112 valence electrons. The molecule has 2 aromatic carbocycles. The summed E-state index contributed by atoms with van der Waals surface area (Å²) in [6, 6.07) is 17.6. The second-order valence-electron chi connectivity index (χ2n) is 6.17. The fourth-order valence-corrected chi connectivity index (χ4v) is 3.83. The minimum atomic E-state index is 0.257. The van der Waals surface area contributed by atoms with Crippen LogP contribution in [0.15, 0.2) is 48.5 Å². The Balaban J connectivity index is 1.88. The molecule has 1 atom stereocenters. The average Bonchev–Trinajstić information content (AvgIpc) is 2.84. The molecule has 0 bridgehead atoms. The fraction of sp³-hybridized carbons (Fsp3) is 0.316. The Morgan fingerprint density at radius 1 is 0.955 bits per heavy atom. The number of carbonyl (C=O) groups excluding carboxylic acids is 1. The predicted molar refractivity (Wildman–Crippen MR) is 88.0 cm³/mol. The van der Waals surface area contributed by atoms with Crippen molar-refractivity contribution in [1.29, 1.82) is 0 Å². The van der Waals surface area contributed by atoms with Crippen LogP contribution in [0.2, 0.25) is 0 Å². The maximum atomic E-state index is 11.3. The Bertz CT molecular complexity index is 697. The zero-order valence-electron chi connectivity index (χ0n) is 12.6.